The smallest absolute Gasteiger partial charge is 0.0934 e. The molecule has 0 amide bonds. The molecule has 0 bridgehead atoms. The van der Waals surface area contributed by atoms with Crippen molar-refractivity contribution >= 4 is 0 Å². The van der Waals surface area contributed by atoms with Crippen LogP contribution < -0.4 is 0 Å². The number of rotatable bonds is 1. The Hall–Kier alpha value is -0.680. The van der Waals surface area contributed by atoms with Crippen molar-refractivity contribution in [1.29, 1.82) is 0 Å². The summed E-state index contributed by atoms with van der Waals surface area (Å²) in [5, 5.41) is 9.24. The van der Waals surface area contributed by atoms with E-state index in [-0.39, 0.29) is 12.1 Å². The SMILES string of the molecule is C#CN1C[C@H](O)C1C(C)C. The number of terminal acetylenes is 1. The van der Waals surface area contributed by atoms with E-state index in [0.29, 0.717) is 12.5 Å². The van der Waals surface area contributed by atoms with Crippen LogP contribution in [0.5, 0.6) is 0 Å². The second-order valence-electron chi connectivity index (χ2n) is 3.08. The fourth-order valence-electron chi connectivity index (χ4n) is 1.44. The topological polar surface area (TPSA) is 23.5 Å². The normalized spacial score (nSPS) is 31.7. The summed E-state index contributed by atoms with van der Waals surface area (Å²) >= 11 is 0. The molecule has 2 nitrogen and oxygen atoms in total. The highest BCUT2D eigenvalue weighted by molar-refractivity contribution is 5.03. The molecular formula is C8H13NO. The molecule has 0 saturated carbocycles. The van der Waals surface area contributed by atoms with Gasteiger partial charge in [-0.2, -0.15) is 0 Å². The Morgan fingerprint density at radius 1 is 1.70 bits per heavy atom. The van der Waals surface area contributed by atoms with Crippen LogP contribution in [0.15, 0.2) is 0 Å². The van der Waals surface area contributed by atoms with E-state index in [0.717, 1.165) is 0 Å². The number of hydrogen-bond donors (Lipinski definition) is 1. The predicted octanol–water partition coefficient (Wildman–Crippen LogP) is 0.278. The summed E-state index contributed by atoms with van der Waals surface area (Å²) in [7, 11) is 0. The van der Waals surface area contributed by atoms with E-state index in [1.165, 1.54) is 0 Å². The zero-order chi connectivity index (χ0) is 7.72. The molecule has 10 heavy (non-hydrogen) atoms. The fraction of sp³-hybridized carbons (Fsp3) is 0.750. The van der Waals surface area contributed by atoms with Crippen molar-refractivity contribution in [3.05, 3.63) is 0 Å². The molecule has 1 heterocycles. The highest BCUT2D eigenvalue weighted by Crippen LogP contribution is 2.23. The first kappa shape index (κ1) is 7.43. The van der Waals surface area contributed by atoms with Crippen LogP contribution >= 0.6 is 0 Å². The van der Waals surface area contributed by atoms with Gasteiger partial charge in [0.15, 0.2) is 0 Å². The van der Waals surface area contributed by atoms with Crippen molar-refractivity contribution in [3.63, 3.8) is 0 Å². The Morgan fingerprint density at radius 2 is 2.30 bits per heavy atom. The Bertz CT molecular complexity index is 154. The molecule has 0 aromatic carbocycles. The van der Waals surface area contributed by atoms with Crippen molar-refractivity contribution in [2.24, 2.45) is 5.92 Å². The van der Waals surface area contributed by atoms with Gasteiger partial charge in [0.1, 0.15) is 0 Å². The van der Waals surface area contributed by atoms with E-state index in [4.69, 9.17) is 6.42 Å². The molecule has 0 radical (unpaired) electrons. The predicted molar refractivity (Wildman–Crippen MR) is 40.2 cm³/mol. The second-order valence-corrected chi connectivity index (χ2v) is 3.08. The maximum Gasteiger partial charge on any atom is 0.0934 e. The molecule has 0 aromatic rings. The highest BCUT2D eigenvalue weighted by Gasteiger charge is 2.37. The third kappa shape index (κ3) is 0.975. The van der Waals surface area contributed by atoms with E-state index in [1.807, 2.05) is 4.90 Å². The number of aliphatic hydroxyl groups excluding tert-OH is 1. The maximum absolute atomic E-state index is 9.24. The lowest BCUT2D eigenvalue weighted by Crippen LogP contribution is -2.59. The van der Waals surface area contributed by atoms with Gasteiger partial charge in [-0.05, 0) is 5.92 Å². The standard InChI is InChI=1S/C8H13NO/c1-4-9-5-7(10)8(9)6(2)3/h1,6-8,10H,5H2,2-3H3/t7-,8?/m0/s1. The van der Waals surface area contributed by atoms with E-state index in [2.05, 4.69) is 19.9 Å². The van der Waals surface area contributed by atoms with Crippen molar-refractivity contribution < 1.29 is 5.11 Å². The van der Waals surface area contributed by atoms with Crippen molar-refractivity contribution in [2.45, 2.75) is 26.0 Å². The summed E-state index contributed by atoms with van der Waals surface area (Å²) in [5.41, 5.74) is 0. The second kappa shape index (κ2) is 2.51. The lowest BCUT2D eigenvalue weighted by atomic mass is 9.90. The Balaban J connectivity index is 2.50. The summed E-state index contributed by atoms with van der Waals surface area (Å²) in [6.07, 6.45) is 4.98. The first-order chi connectivity index (χ1) is 4.66. The lowest BCUT2D eigenvalue weighted by molar-refractivity contribution is -0.0459. The Kier molecular flexibility index (Phi) is 1.87. The van der Waals surface area contributed by atoms with Crippen LogP contribution in [0.2, 0.25) is 0 Å². The first-order valence-corrected chi connectivity index (χ1v) is 3.57. The van der Waals surface area contributed by atoms with Gasteiger partial charge < -0.3 is 10.0 Å². The average Bonchev–Trinajstić information content (AvgIpc) is 1.80. The van der Waals surface area contributed by atoms with E-state index < -0.39 is 0 Å². The summed E-state index contributed by atoms with van der Waals surface area (Å²) in [5.74, 6) is 0.444. The van der Waals surface area contributed by atoms with E-state index in [1.54, 1.807) is 0 Å². The van der Waals surface area contributed by atoms with Crippen LogP contribution in [-0.4, -0.2) is 28.7 Å². The molecule has 1 N–H and O–H groups in total. The number of β-amino-alcohol motifs (C(OH)–C–C–N with tert-alkyl or cyclic N) is 1. The quantitative estimate of drug-likeness (QED) is 0.527. The maximum atomic E-state index is 9.24. The van der Waals surface area contributed by atoms with Gasteiger partial charge in [-0.15, -0.1) is 0 Å². The van der Waals surface area contributed by atoms with Gasteiger partial charge in [-0.1, -0.05) is 20.3 Å². The summed E-state index contributed by atoms with van der Waals surface area (Å²) < 4.78 is 0. The minimum absolute atomic E-state index is 0.185. The van der Waals surface area contributed by atoms with Crippen molar-refractivity contribution in [3.8, 4) is 12.5 Å². The summed E-state index contributed by atoms with van der Waals surface area (Å²) in [4.78, 5) is 1.84. The highest BCUT2D eigenvalue weighted by atomic mass is 16.3. The van der Waals surface area contributed by atoms with Crippen molar-refractivity contribution in [2.75, 3.05) is 6.54 Å². The molecule has 0 aliphatic carbocycles. The van der Waals surface area contributed by atoms with Crippen LogP contribution in [0.4, 0.5) is 0 Å². The van der Waals surface area contributed by atoms with Crippen molar-refractivity contribution in [1.82, 2.24) is 4.90 Å². The van der Waals surface area contributed by atoms with Crippen LogP contribution in [0.25, 0.3) is 0 Å². The number of likely N-dealkylation sites (tertiary alicyclic amines) is 1. The molecule has 1 saturated heterocycles. The van der Waals surface area contributed by atoms with Gasteiger partial charge >= 0.3 is 0 Å². The minimum Gasteiger partial charge on any atom is -0.389 e. The molecular weight excluding hydrogens is 126 g/mol. The molecule has 2 heteroatoms. The third-order valence-electron chi connectivity index (χ3n) is 1.99. The van der Waals surface area contributed by atoms with Crippen LogP contribution in [0.3, 0.4) is 0 Å². The van der Waals surface area contributed by atoms with Crippen LogP contribution in [0, 0.1) is 18.4 Å². The third-order valence-corrected chi connectivity index (χ3v) is 1.99. The molecule has 1 fully saturated rings. The molecule has 1 aliphatic heterocycles. The minimum atomic E-state index is -0.212. The van der Waals surface area contributed by atoms with E-state index in [9.17, 15) is 5.11 Å². The van der Waals surface area contributed by atoms with Crippen LogP contribution in [0.1, 0.15) is 13.8 Å². The largest absolute Gasteiger partial charge is 0.389 e. The number of nitrogens with zero attached hydrogens (tertiary/aromatic N) is 1. The molecule has 1 unspecified atom stereocenters. The Morgan fingerprint density at radius 3 is 2.50 bits per heavy atom. The molecule has 1 aliphatic rings. The zero-order valence-electron chi connectivity index (χ0n) is 6.41. The van der Waals surface area contributed by atoms with Gasteiger partial charge in [0, 0.05) is 6.04 Å². The summed E-state index contributed by atoms with van der Waals surface area (Å²) in [6, 6.07) is 2.72. The fourth-order valence-corrected chi connectivity index (χ4v) is 1.44. The van der Waals surface area contributed by atoms with Crippen LogP contribution in [-0.2, 0) is 0 Å². The summed E-state index contributed by atoms with van der Waals surface area (Å²) in [6.45, 7) is 4.77. The Labute approximate surface area is 61.8 Å². The van der Waals surface area contributed by atoms with Gasteiger partial charge in [-0.3, -0.25) is 0 Å². The molecule has 56 valence electrons. The molecule has 0 spiro atoms. The van der Waals surface area contributed by atoms with E-state index >= 15 is 0 Å². The monoisotopic (exact) mass is 139 g/mol. The lowest BCUT2D eigenvalue weighted by Gasteiger charge is -2.45. The first-order valence-electron chi connectivity index (χ1n) is 3.57. The molecule has 1 rings (SSSR count). The number of aliphatic hydroxyl groups is 1. The average molecular weight is 139 g/mol. The van der Waals surface area contributed by atoms with Gasteiger partial charge in [0.2, 0.25) is 0 Å². The van der Waals surface area contributed by atoms with Gasteiger partial charge in [0.05, 0.1) is 18.7 Å². The van der Waals surface area contributed by atoms with Gasteiger partial charge in [-0.25, -0.2) is 0 Å². The zero-order valence-corrected chi connectivity index (χ0v) is 6.41. The van der Waals surface area contributed by atoms with Gasteiger partial charge in [0.25, 0.3) is 0 Å². The number of hydrogen-bond acceptors (Lipinski definition) is 2. The molecule has 0 aromatic heterocycles. The molecule has 2 atom stereocenters.